The van der Waals surface area contributed by atoms with Crippen molar-refractivity contribution in [1.82, 2.24) is 0 Å². The Kier molecular flexibility index (Phi) is 5.62. The standard InChI is InChI=1S/C9H13NO3.H2O/c10-8-5-7(1-2-9(8)12)6-13-4-3-11;/h1-2,5,11-12H,3-4,6,10H2;1H2. The number of nitrogen functional groups attached to an aromatic ring is 1. The Morgan fingerprint density at radius 2 is 2.07 bits per heavy atom. The third kappa shape index (κ3) is 3.61. The first-order valence-corrected chi connectivity index (χ1v) is 4.00. The summed E-state index contributed by atoms with van der Waals surface area (Å²) in [6, 6.07) is 4.89. The number of aromatic hydroxyl groups is 1. The van der Waals surface area contributed by atoms with Crippen molar-refractivity contribution in [3.05, 3.63) is 23.8 Å². The van der Waals surface area contributed by atoms with E-state index in [4.69, 9.17) is 20.7 Å². The van der Waals surface area contributed by atoms with Crippen LogP contribution in [0.15, 0.2) is 18.2 Å². The number of phenolic OH excluding ortho intramolecular Hbond substituents is 1. The Balaban J connectivity index is 0.00000169. The number of rotatable bonds is 4. The fourth-order valence-electron chi connectivity index (χ4n) is 0.948. The zero-order valence-electron chi connectivity index (χ0n) is 7.73. The molecule has 1 aromatic rings. The third-order valence-electron chi connectivity index (χ3n) is 1.60. The number of nitrogens with two attached hydrogens (primary N) is 1. The van der Waals surface area contributed by atoms with Crippen LogP contribution in [-0.2, 0) is 11.3 Å². The summed E-state index contributed by atoms with van der Waals surface area (Å²) in [5.41, 5.74) is 6.69. The van der Waals surface area contributed by atoms with E-state index in [1.165, 1.54) is 6.07 Å². The van der Waals surface area contributed by atoms with E-state index in [0.717, 1.165) is 5.56 Å². The summed E-state index contributed by atoms with van der Waals surface area (Å²) in [5.74, 6) is 0.0749. The van der Waals surface area contributed by atoms with Gasteiger partial charge in [0.2, 0.25) is 0 Å². The molecule has 0 heterocycles. The molecule has 5 nitrogen and oxygen atoms in total. The van der Waals surface area contributed by atoms with Crippen molar-refractivity contribution in [2.75, 3.05) is 18.9 Å². The molecule has 1 rings (SSSR count). The van der Waals surface area contributed by atoms with Gasteiger partial charge in [0.15, 0.2) is 0 Å². The van der Waals surface area contributed by atoms with Crippen molar-refractivity contribution in [3.8, 4) is 5.75 Å². The average molecular weight is 201 g/mol. The van der Waals surface area contributed by atoms with E-state index in [-0.39, 0.29) is 17.8 Å². The lowest BCUT2D eigenvalue weighted by Crippen LogP contribution is -1.99. The zero-order valence-corrected chi connectivity index (χ0v) is 7.73. The highest BCUT2D eigenvalue weighted by atomic mass is 16.5. The fourth-order valence-corrected chi connectivity index (χ4v) is 0.948. The van der Waals surface area contributed by atoms with Gasteiger partial charge in [0, 0.05) is 0 Å². The SMILES string of the molecule is Nc1cc(COCCO)ccc1O.O. The van der Waals surface area contributed by atoms with Gasteiger partial charge >= 0.3 is 0 Å². The van der Waals surface area contributed by atoms with Crippen molar-refractivity contribution < 1.29 is 20.4 Å². The van der Waals surface area contributed by atoms with E-state index in [2.05, 4.69) is 0 Å². The topological polar surface area (TPSA) is 107 Å². The second kappa shape index (κ2) is 6.20. The van der Waals surface area contributed by atoms with Crippen molar-refractivity contribution in [1.29, 1.82) is 0 Å². The van der Waals surface area contributed by atoms with Gasteiger partial charge in [-0.2, -0.15) is 0 Å². The van der Waals surface area contributed by atoms with Crippen LogP contribution in [-0.4, -0.2) is 28.9 Å². The molecule has 0 unspecified atom stereocenters. The Labute approximate surface area is 82.0 Å². The molecule has 0 saturated heterocycles. The van der Waals surface area contributed by atoms with Crippen LogP contribution >= 0.6 is 0 Å². The fraction of sp³-hybridized carbons (Fsp3) is 0.333. The predicted molar refractivity (Wildman–Crippen MR) is 52.9 cm³/mol. The smallest absolute Gasteiger partial charge is 0.138 e. The molecular formula is C9H15NO4. The number of aliphatic hydroxyl groups excluding tert-OH is 1. The maximum Gasteiger partial charge on any atom is 0.138 e. The number of hydrogen-bond acceptors (Lipinski definition) is 4. The second-order valence-corrected chi connectivity index (χ2v) is 2.67. The van der Waals surface area contributed by atoms with E-state index < -0.39 is 0 Å². The van der Waals surface area contributed by atoms with Crippen molar-refractivity contribution in [3.63, 3.8) is 0 Å². The lowest BCUT2D eigenvalue weighted by atomic mass is 10.2. The Bertz CT molecular complexity index is 278. The second-order valence-electron chi connectivity index (χ2n) is 2.67. The first-order chi connectivity index (χ1) is 6.24. The molecule has 1 aromatic carbocycles. The van der Waals surface area contributed by atoms with Gasteiger partial charge in [0.05, 0.1) is 25.5 Å². The molecule has 14 heavy (non-hydrogen) atoms. The molecule has 0 amide bonds. The Morgan fingerprint density at radius 3 is 2.64 bits per heavy atom. The molecule has 6 N–H and O–H groups in total. The van der Waals surface area contributed by atoms with Crippen LogP contribution in [0, 0.1) is 0 Å². The quantitative estimate of drug-likeness (QED) is 0.352. The van der Waals surface area contributed by atoms with Gasteiger partial charge in [-0.15, -0.1) is 0 Å². The minimum absolute atomic E-state index is 0. The molecule has 0 aliphatic rings. The largest absolute Gasteiger partial charge is 0.506 e. The third-order valence-corrected chi connectivity index (χ3v) is 1.60. The summed E-state index contributed by atoms with van der Waals surface area (Å²) in [4.78, 5) is 0. The van der Waals surface area contributed by atoms with Crippen LogP contribution < -0.4 is 5.73 Å². The molecule has 0 saturated carbocycles. The first kappa shape index (κ1) is 12.7. The van der Waals surface area contributed by atoms with Gasteiger partial charge in [-0.3, -0.25) is 0 Å². The molecule has 5 heteroatoms. The van der Waals surface area contributed by atoms with Crippen LogP contribution in [0.2, 0.25) is 0 Å². The van der Waals surface area contributed by atoms with Crippen molar-refractivity contribution in [2.45, 2.75) is 6.61 Å². The normalized spacial score (nSPS) is 9.50. The average Bonchev–Trinajstić information content (AvgIpc) is 2.12. The van der Waals surface area contributed by atoms with Crippen LogP contribution in [0.5, 0.6) is 5.75 Å². The molecule has 0 atom stereocenters. The Hall–Kier alpha value is -1.30. The van der Waals surface area contributed by atoms with Gasteiger partial charge < -0.3 is 26.2 Å². The summed E-state index contributed by atoms with van der Waals surface area (Å²) in [7, 11) is 0. The molecule has 80 valence electrons. The maximum absolute atomic E-state index is 9.11. The van der Waals surface area contributed by atoms with Crippen LogP contribution in [0.1, 0.15) is 5.56 Å². The molecule has 0 fully saturated rings. The van der Waals surface area contributed by atoms with E-state index in [9.17, 15) is 0 Å². The van der Waals surface area contributed by atoms with E-state index >= 15 is 0 Å². The van der Waals surface area contributed by atoms with Gasteiger partial charge in [-0.05, 0) is 17.7 Å². The van der Waals surface area contributed by atoms with Crippen LogP contribution in [0.4, 0.5) is 5.69 Å². The maximum atomic E-state index is 9.11. The molecule has 0 radical (unpaired) electrons. The summed E-state index contributed by atoms with van der Waals surface area (Å²) in [6.45, 7) is 0.708. The van der Waals surface area contributed by atoms with Crippen molar-refractivity contribution >= 4 is 5.69 Å². The summed E-state index contributed by atoms with van der Waals surface area (Å²) in [5, 5.41) is 17.6. The molecule has 0 aliphatic carbocycles. The monoisotopic (exact) mass is 201 g/mol. The molecular weight excluding hydrogens is 186 g/mol. The Morgan fingerprint density at radius 1 is 1.36 bits per heavy atom. The van der Waals surface area contributed by atoms with Gasteiger partial charge in [-0.1, -0.05) is 6.07 Å². The van der Waals surface area contributed by atoms with Gasteiger partial charge in [-0.25, -0.2) is 0 Å². The molecule has 0 aromatic heterocycles. The highest BCUT2D eigenvalue weighted by Crippen LogP contribution is 2.20. The number of benzene rings is 1. The predicted octanol–water partition coefficient (Wildman–Crippen LogP) is -0.341. The number of phenols is 1. The van der Waals surface area contributed by atoms with E-state index in [1.54, 1.807) is 12.1 Å². The number of hydrogen-bond donors (Lipinski definition) is 3. The van der Waals surface area contributed by atoms with E-state index in [1.807, 2.05) is 0 Å². The van der Waals surface area contributed by atoms with Crippen molar-refractivity contribution in [2.24, 2.45) is 0 Å². The highest BCUT2D eigenvalue weighted by Gasteiger charge is 1.98. The van der Waals surface area contributed by atoms with Gasteiger partial charge in [0.1, 0.15) is 5.75 Å². The minimum Gasteiger partial charge on any atom is -0.506 e. The zero-order chi connectivity index (χ0) is 9.68. The molecule has 0 aliphatic heterocycles. The number of ether oxygens (including phenoxy) is 1. The van der Waals surface area contributed by atoms with Gasteiger partial charge in [0.25, 0.3) is 0 Å². The highest BCUT2D eigenvalue weighted by molar-refractivity contribution is 5.53. The van der Waals surface area contributed by atoms with E-state index in [0.29, 0.717) is 18.9 Å². The number of anilines is 1. The lowest BCUT2D eigenvalue weighted by molar-refractivity contribution is 0.0815. The summed E-state index contributed by atoms with van der Waals surface area (Å²) in [6.07, 6.45) is 0. The minimum atomic E-state index is 0. The summed E-state index contributed by atoms with van der Waals surface area (Å²) >= 11 is 0. The molecule has 0 spiro atoms. The van der Waals surface area contributed by atoms with Crippen LogP contribution in [0.3, 0.4) is 0 Å². The summed E-state index contributed by atoms with van der Waals surface area (Å²) < 4.78 is 5.08. The number of aliphatic hydroxyl groups is 1. The molecule has 0 bridgehead atoms. The van der Waals surface area contributed by atoms with Crippen LogP contribution in [0.25, 0.3) is 0 Å². The lowest BCUT2D eigenvalue weighted by Gasteiger charge is -2.04. The first-order valence-electron chi connectivity index (χ1n) is 4.00.